The number of nitrogens with one attached hydrogen (secondary N) is 1. The molecule has 2 rings (SSSR count). The van der Waals surface area contributed by atoms with Crippen LogP contribution < -0.4 is 5.32 Å². The topological polar surface area (TPSA) is 35.6 Å². The Morgan fingerprint density at radius 2 is 1.88 bits per heavy atom. The first-order chi connectivity index (χ1) is 11.9. The minimum atomic E-state index is -0.0743. The molecule has 1 aromatic carbocycles. The summed E-state index contributed by atoms with van der Waals surface area (Å²) in [6.07, 6.45) is 1.35. The molecule has 1 fully saturated rings. The Morgan fingerprint density at radius 1 is 1.24 bits per heavy atom. The first kappa shape index (κ1) is 19.2. The second kappa shape index (κ2) is 8.84. The Morgan fingerprint density at radius 3 is 2.48 bits per heavy atom. The first-order valence-electron chi connectivity index (χ1n) is 7.99. The number of benzene rings is 1. The molecular formula is C19H21Cl2N3O. The van der Waals surface area contributed by atoms with E-state index in [0.717, 1.165) is 24.5 Å². The summed E-state index contributed by atoms with van der Waals surface area (Å²) in [7, 11) is 0. The van der Waals surface area contributed by atoms with Gasteiger partial charge in [-0.1, -0.05) is 48.2 Å². The van der Waals surface area contributed by atoms with Gasteiger partial charge in [-0.05, 0) is 31.2 Å². The highest BCUT2D eigenvalue weighted by Gasteiger charge is 2.20. The largest absolute Gasteiger partial charge is 0.359 e. The Hall–Kier alpha value is -2.09. The molecule has 1 aliphatic heterocycles. The van der Waals surface area contributed by atoms with Gasteiger partial charge in [-0.15, -0.1) is 0 Å². The number of carbonyl (C=O) groups is 1. The summed E-state index contributed by atoms with van der Waals surface area (Å²) >= 11 is 11.9. The van der Waals surface area contributed by atoms with E-state index in [0.29, 0.717) is 23.1 Å². The molecule has 0 aromatic heterocycles. The third-order valence-corrected chi connectivity index (χ3v) is 4.62. The lowest BCUT2D eigenvalue weighted by atomic mass is 10.2. The predicted molar refractivity (Wildman–Crippen MR) is 103 cm³/mol. The van der Waals surface area contributed by atoms with Crippen LogP contribution in [0.15, 0.2) is 43.3 Å². The van der Waals surface area contributed by atoms with Crippen molar-refractivity contribution in [1.29, 1.82) is 0 Å². The van der Waals surface area contributed by atoms with E-state index in [1.807, 2.05) is 13.0 Å². The molecule has 0 bridgehead atoms. The molecule has 6 heteroatoms. The van der Waals surface area contributed by atoms with E-state index in [1.165, 1.54) is 6.08 Å². The number of rotatable bonds is 4. The Labute approximate surface area is 159 Å². The summed E-state index contributed by atoms with van der Waals surface area (Å²) in [5, 5.41) is 4.28. The van der Waals surface area contributed by atoms with Gasteiger partial charge in [-0.3, -0.25) is 4.79 Å². The van der Waals surface area contributed by atoms with Gasteiger partial charge in [0, 0.05) is 31.7 Å². The van der Waals surface area contributed by atoms with Gasteiger partial charge in [-0.2, -0.15) is 0 Å². The van der Waals surface area contributed by atoms with Crippen LogP contribution in [0.5, 0.6) is 0 Å². The van der Waals surface area contributed by atoms with Crippen LogP contribution in [-0.2, 0) is 4.79 Å². The molecule has 0 spiro atoms. The molecule has 1 aromatic rings. The van der Waals surface area contributed by atoms with Crippen molar-refractivity contribution in [3.8, 4) is 11.8 Å². The predicted octanol–water partition coefficient (Wildman–Crippen LogP) is 3.12. The van der Waals surface area contributed by atoms with Crippen molar-refractivity contribution in [2.75, 3.05) is 26.2 Å². The lowest BCUT2D eigenvalue weighted by Crippen LogP contribution is -2.50. The first-order valence-corrected chi connectivity index (χ1v) is 8.74. The zero-order valence-electron chi connectivity index (χ0n) is 14.2. The Bertz CT molecular complexity index is 728. The van der Waals surface area contributed by atoms with Gasteiger partial charge in [0.15, 0.2) is 0 Å². The minimum absolute atomic E-state index is 0.0286. The maximum atomic E-state index is 11.6. The molecule has 1 N–H and O–H groups in total. The van der Waals surface area contributed by atoms with Crippen LogP contribution in [0.1, 0.15) is 12.5 Å². The summed E-state index contributed by atoms with van der Waals surface area (Å²) in [6.45, 7) is 12.4. The quantitative estimate of drug-likeness (QED) is 0.646. The number of carbonyl (C=O) groups excluding carboxylic acids is 1. The van der Waals surface area contributed by atoms with E-state index in [-0.39, 0.29) is 11.9 Å². The van der Waals surface area contributed by atoms with Crippen molar-refractivity contribution in [3.63, 3.8) is 0 Å². The van der Waals surface area contributed by atoms with Gasteiger partial charge >= 0.3 is 0 Å². The molecule has 1 unspecified atom stereocenters. The molecule has 4 nitrogen and oxygen atoms in total. The molecule has 0 radical (unpaired) electrons. The summed E-state index contributed by atoms with van der Waals surface area (Å²) < 4.78 is 0. The van der Waals surface area contributed by atoms with Crippen LogP contribution in [0.4, 0.5) is 0 Å². The fraction of sp³-hybridized carbons (Fsp3) is 0.316. The van der Waals surface area contributed by atoms with Gasteiger partial charge in [0.1, 0.15) is 0 Å². The van der Waals surface area contributed by atoms with E-state index in [1.54, 1.807) is 17.0 Å². The van der Waals surface area contributed by atoms with Crippen LogP contribution in [0.25, 0.3) is 0 Å². The zero-order chi connectivity index (χ0) is 18.4. The van der Waals surface area contributed by atoms with E-state index in [9.17, 15) is 4.79 Å². The van der Waals surface area contributed by atoms with Crippen molar-refractivity contribution in [2.24, 2.45) is 0 Å². The molecular weight excluding hydrogens is 357 g/mol. The second-order valence-corrected chi connectivity index (χ2v) is 6.54. The van der Waals surface area contributed by atoms with E-state index >= 15 is 0 Å². The molecule has 25 heavy (non-hydrogen) atoms. The van der Waals surface area contributed by atoms with Crippen LogP contribution in [-0.4, -0.2) is 47.9 Å². The standard InChI is InChI=1S/C19H21Cl2N3O/c1-4-19(25)24-11-9-23(10-12-24)15(3)22-14(2)5-6-16-7-8-17(20)18(21)13-16/h4,7-8,13-14,22H,1,3,9-12H2,2H3. The Kier molecular flexibility index (Phi) is 6.81. The Balaban J connectivity index is 1.87. The number of amides is 1. The van der Waals surface area contributed by atoms with Crippen molar-refractivity contribution in [1.82, 2.24) is 15.1 Å². The van der Waals surface area contributed by atoms with Crippen molar-refractivity contribution < 1.29 is 4.79 Å². The average Bonchev–Trinajstić information content (AvgIpc) is 2.62. The summed E-state index contributed by atoms with van der Waals surface area (Å²) in [5.41, 5.74) is 0.810. The van der Waals surface area contributed by atoms with Gasteiger partial charge in [-0.25, -0.2) is 0 Å². The average molecular weight is 378 g/mol. The van der Waals surface area contributed by atoms with Crippen molar-refractivity contribution in [2.45, 2.75) is 13.0 Å². The normalized spacial score (nSPS) is 15.0. The number of piperazine rings is 1. The minimum Gasteiger partial charge on any atom is -0.359 e. The molecule has 1 heterocycles. The lowest BCUT2D eigenvalue weighted by molar-refractivity contribution is -0.127. The summed E-state index contributed by atoms with van der Waals surface area (Å²) in [5.74, 6) is 6.97. The zero-order valence-corrected chi connectivity index (χ0v) is 15.7. The molecule has 0 aliphatic carbocycles. The number of nitrogens with zero attached hydrogens (tertiary/aromatic N) is 2. The van der Waals surface area contributed by atoms with E-state index in [4.69, 9.17) is 23.2 Å². The van der Waals surface area contributed by atoms with Crippen LogP contribution >= 0.6 is 23.2 Å². The number of hydrogen-bond donors (Lipinski definition) is 1. The molecule has 0 saturated carbocycles. The summed E-state index contributed by atoms with van der Waals surface area (Å²) in [6, 6.07) is 5.23. The lowest BCUT2D eigenvalue weighted by Gasteiger charge is -2.37. The molecule has 1 amide bonds. The maximum Gasteiger partial charge on any atom is 0.246 e. The van der Waals surface area contributed by atoms with E-state index < -0.39 is 0 Å². The number of hydrogen-bond acceptors (Lipinski definition) is 3. The fourth-order valence-corrected chi connectivity index (χ4v) is 2.77. The summed E-state index contributed by atoms with van der Waals surface area (Å²) in [4.78, 5) is 15.5. The van der Waals surface area contributed by atoms with Crippen molar-refractivity contribution >= 4 is 29.1 Å². The van der Waals surface area contributed by atoms with Gasteiger partial charge in [0.05, 0.1) is 21.9 Å². The smallest absolute Gasteiger partial charge is 0.246 e. The third kappa shape index (κ3) is 5.45. The van der Waals surface area contributed by atoms with Gasteiger partial charge in [0.2, 0.25) is 5.91 Å². The van der Waals surface area contributed by atoms with Crippen LogP contribution in [0.3, 0.4) is 0 Å². The highest BCUT2D eigenvalue weighted by Crippen LogP contribution is 2.22. The fourth-order valence-electron chi connectivity index (χ4n) is 2.47. The van der Waals surface area contributed by atoms with Crippen LogP contribution in [0, 0.1) is 11.8 Å². The van der Waals surface area contributed by atoms with Gasteiger partial charge in [0.25, 0.3) is 0 Å². The second-order valence-electron chi connectivity index (χ2n) is 5.73. The highest BCUT2D eigenvalue weighted by atomic mass is 35.5. The molecule has 1 saturated heterocycles. The SMILES string of the molecule is C=CC(=O)N1CCN(C(=C)NC(C)C#Cc2ccc(Cl)c(Cl)c2)CC1. The molecule has 132 valence electrons. The van der Waals surface area contributed by atoms with Crippen molar-refractivity contribution in [3.05, 3.63) is 58.9 Å². The maximum absolute atomic E-state index is 11.6. The van der Waals surface area contributed by atoms with Gasteiger partial charge < -0.3 is 15.1 Å². The number of halogens is 2. The van der Waals surface area contributed by atoms with E-state index in [2.05, 4.69) is 35.2 Å². The molecule has 1 aliphatic rings. The molecule has 1 atom stereocenters. The third-order valence-electron chi connectivity index (χ3n) is 3.88. The highest BCUT2D eigenvalue weighted by molar-refractivity contribution is 6.42. The monoisotopic (exact) mass is 377 g/mol. The van der Waals surface area contributed by atoms with Crippen LogP contribution in [0.2, 0.25) is 10.0 Å².